The molecule has 1 aromatic carbocycles. The van der Waals surface area contributed by atoms with Crippen molar-refractivity contribution in [1.29, 1.82) is 0 Å². The van der Waals surface area contributed by atoms with Gasteiger partial charge in [0.2, 0.25) is 0 Å². The zero-order valence-electron chi connectivity index (χ0n) is 13.6. The Kier molecular flexibility index (Phi) is 2.54. The number of aromatic amines is 1. The maximum atomic E-state index is 11.0. The van der Waals surface area contributed by atoms with Crippen molar-refractivity contribution in [2.75, 3.05) is 0 Å². The first-order valence-electron chi connectivity index (χ1n) is 9.03. The number of piperidine rings is 3. The van der Waals surface area contributed by atoms with E-state index < -0.39 is 12.5 Å². The Hall–Kier alpha value is -1.40. The first-order chi connectivity index (χ1) is 11.6. The summed E-state index contributed by atoms with van der Waals surface area (Å²) < 4.78 is 5.79. The highest BCUT2D eigenvalue weighted by atomic mass is 16.6. The van der Waals surface area contributed by atoms with E-state index in [1.807, 2.05) is 6.92 Å². The lowest BCUT2D eigenvalue weighted by molar-refractivity contribution is -0.333. The Balaban J connectivity index is 1.55. The summed E-state index contributed by atoms with van der Waals surface area (Å²) in [5.41, 5.74) is 3.82. The number of aliphatic hydroxyl groups excluding tert-OH is 2. The van der Waals surface area contributed by atoms with Crippen LogP contribution < -0.4 is 0 Å². The van der Waals surface area contributed by atoms with Gasteiger partial charge in [0.1, 0.15) is 6.23 Å². The van der Waals surface area contributed by atoms with Crippen LogP contribution in [0.1, 0.15) is 30.6 Å². The maximum absolute atomic E-state index is 11.0. The monoisotopic (exact) mass is 326 g/mol. The molecular weight excluding hydrogens is 304 g/mol. The summed E-state index contributed by atoms with van der Waals surface area (Å²) in [6.07, 6.45) is 0.580. The molecule has 0 spiro atoms. The molecule has 4 fully saturated rings. The molecule has 0 amide bonds. The van der Waals surface area contributed by atoms with Crippen molar-refractivity contribution in [3.05, 3.63) is 35.5 Å². The summed E-state index contributed by atoms with van der Waals surface area (Å²) in [5, 5.41) is 22.9. The van der Waals surface area contributed by atoms with Crippen LogP contribution in [0.4, 0.5) is 0 Å². The second-order valence-electron chi connectivity index (χ2n) is 8.00. The Morgan fingerprint density at radius 3 is 2.92 bits per heavy atom. The third kappa shape index (κ3) is 1.46. The Morgan fingerprint density at radius 1 is 1.21 bits per heavy atom. The zero-order valence-corrected chi connectivity index (χ0v) is 13.6. The van der Waals surface area contributed by atoms with Crippen molar-refractivity contribution in [2.45, 2.75) is 50.5 Å². The average Bonchev–Trinajstić information content (AvgIpc) is 2.93. The molecule has 6 bridgehead atoms. The van der Waals surface area contributed by atoms with E-state index in [1.165, 1.54) is 22.2 Å². The minimum atomic E-state index is -0.714. The molecule has 0 saturated carbocycles. The second-order valence-corrected chi connectivity index (χ2v) is 8.00. The van der Waals surface area contributed by atoms with E-state index in [0.29, 0.717) is 5.92 Å². The number of aromatic nitrogens is 1. The SMILES string of the molecule is C[C@H]1OC(O)C2[C@H]3C[C@H]4c5[nH]c6ccccc6c5C[C@@H]2N4[C@H](O)[C@H]31. The molecule has 5 aliphatic heterocycles. The summed E-state index contributed by atoms with van der Waals surface area (Å²) in [6.45, 7) is 1.99. The number of ether oxygens (including phenoxy) is 1. The molecule has 3 N–H and O–H groups in total. The van der Waals surface area contributed by atoms with Gasteiger partial charge in [-0.2, -0.15) is 0 Å². The number of aliphatic hydroxyl groups is 2. The molecule has 7 rings (SSSR count). The smallest absolute Gasteiger partial charge is 0.159 e. The van der Waals surface area contributed by atoms with Gasteiger partial charge < -0.3 is 19.9 Å². The largest absolute Gasteiger partial charge is 0.378 e. The zero-order chi connectivity index (χ0) is 16.2. The van der Waals surface area contributed by atoms with Crippen LogP contribution in [0.15, 0.2) is 24.3 Å². The standard InChI is InChI=1S/C19H22N2O3/c1-8-15-11-7-14-17-10(9-4-2-3-5-12(9)20-17)6-13(21(14)18(15)22)16(11)19(23)24-8/h2-5,8,11,13-16,18-20,22-23H,6-7H2,1H3/t8-,11+,13+,14+,15+,16?,18-,19?/m1/s1. The number of para-hydroxylation sites is 1. The van der Waals surface area contributed by atoms with Crippen LogP contribution in [0.2, 0.25) is 0 Å². The Bertz CT molecular complexity index is 833. The van der Waals surface area contributed by atoms with Gasteiger partial charge in [-0.25, -0.2) is 0 Å². The van der Waals surface area contributed by atoms with Crippen LogP contribution in [-0.2, 0) is 11.2 Å². The van der Waals surface area contributed by atoms with E-state index in [0.717, 1.165) is 12.8 Å². The number of benzene rings is 1. The molecule has 24 heavy (non-hydrogen) atoms. The highest BCUT2D eigenvalue weighted by molar-refractivity contribution is 5.85. The van der Waals surface area contributed by atoms with E-state index in [2.05, 4.69) is 34.1 Å². The number of fused-ring (bicyclic) bond motifs is 3. The molecule has 4 saturated heterocycles. The molecule has 0 aliphatic carbocycles. The Morgan fingerprint density at radius 2 is 2.04 bits per heavy atom. The van der Waals surface area contributed by atoms with Gasteiger partial charge in [0.25, 0.3) is 0 Å². The van der Waals surface area contributed by atoms with E-state index in [-0.39, 0.29) is 30.0 Å². The van der Waals surface area contributed by atoms with Gasteiger partial charge in [0, 0.05) is 34.5 Å². The molecule has 9 atom stereocenters. The predicted molar refractivity (Wildman–Crippen MR) is 88.0 cm³/mol. The first kappa shape index (κ1) is 13.8. The number of hydrogen-bond acceptors (Lipinski definition) is 4. The molecule has 2 aromatic rings. The second kappa shape index (κ2) is 4.41. The van der Waals surface area contributed by atoms with Gasteiger partial charge in [-0.3, -0.25) is 4.90 Å². The first-order valence-corrected chi connectivity index (χ1v) is 9.03. The molecule has 3 unspecified atom stereocenters. The van der Waals surface area contributed by atoms with E-state index in [9.17, 15) is 10.2 Å². The molecule has 5 aliphatic rings. The molecule has 0 radical (unpaired) electrons. The van der Waals surface area contributed by atoms with Crippen molar-refractivity contribution in [3.63, 3.8) is 0 Å². The van der Waals surface area contributed by atoms with Crippen molar-refractivity contribution < 1.29 is 14.9 Å². The van der Waals surface area contributed by atoms with Gasteiger partial charge in [0.15, 0.2) is 6.29 Å². The third-order valence-electron chi connectivity index (χ3n) is 7.14. The van der Waals surface area contributed by atoms with Gasteiger partial charge in [-0.15, -0.1) is 0 Å². The molecular formula is C19H22N2O3. The van der Waals surface area contributed by atoms with Gasteiger partial charge in [0.05, 0.1) is 12.1 Å². The lowest BCUT2D eigenvalue weighted by atomic mass is 9.58. The van der Waals surface area contributed by atoms with Crippen LogP contribution in [0.3, 0.4) is 0 Å². The fraction of sp³-hybridized carbons (Fsp3) is 0.579. The highest BCUT2D eigenvalue weighted by Crippen LogP contribution is 2.59. The maximum Gasteiger partial charge on any atom is 0.159 e. The highest BCUT2D eigenvalue weighted by Gasteiger charge is 2.64. The van der Waals surface area contributed by atoms with Crippen LogP contribution in [-0.4, -0.2) is 44.8 Å². The van der Waals surface area contributed by atoms with Crippen LogP contribution in [0, 0.1) is 17.8 Å². The lowest BCUT2D eigenvalue weighted by Crippen LogP contribution is -2.73. The normalized spacial score (nSPS) is 48.5. The third-order valence-corrected chi connectivity index (χ3v) is 7.14. The molecule has 1 aromatic heterocycles. The number of hydrogen-bond donors (Lipinski definition) is 3. The minimum Gasteiger partial charge on any atom is -0.378 e. The van der Waals surface area contributed by atoms with Crippen molar-refractivity contribution in [2.24, 2.45) is 17.8 Å². The fourth-order valence-corrected chi connectivity index (χ4v) is 6.30. The predicted octanol–water partition coefficient (Wildman–Crippen LogP) is 1.76. The van der Waals surface area contributed by atoms with E-state index >= 15 is 0 Å². The topological polar surface area (TPSA) is 68.7 Å². The van der Waals surface area contributed by atoms with Crippen LogP contribution in [0.25, 0.3) is 10.9 Å². The van der Waals surface area contributed by atoms with Crippen molar-refractivity contribution in [1.82, 2.24) is 9.88 Å². The van der Waals surface area contributed by atoms with Gasteiger partial charge in [-0.05, 0) is 37.3 Å². The van der Waals surface area contributed by atoms with Crippen molar-refractivity contribution >= 4 is 10.9 Å². The van der Waals surface area contributed by atoms with Crippen molar-refractivity contribution in [3.8, 4) is 0 Å². The number of nitrogens with zero attached hydrogens (tertiary/aromatic N) is 1. The van der Waals surface area contributed by atoms with Crippen LogP contribution in [0.5, 0.6) is 0 Å². The lowest BCUT2D eigenvalue weighted by Gasteiger charge is -2.66. The molecule has 126 valence electrons. The number of nitrogens with one attached hydrogen (secondary N) is 1. The summed E-state index contributed by atoms with van der Waals surface area (Å²) in [5.74, 6) is 0.544. The summed E-state index contributed by atoms with van der Waals surface area (Å²) in [6, 6.07) is 8.84. The van der Waals surface area contributed by atoms with E-state index in [1.54, 1.807) is 0 Å². The molecule has 6 heterocycles. The van der Waals surface area contributed by atoms with Gasteiger partial charge >= 0.3 is 0 Å². The van der Waals surface area contributed by atoms with Crippen LogP contribution >= 0.6 is 0 Å². The Labute approximate surface area is 140 Å². The minimum absolute atomic E-state index is 0.0951. The summed E-state index contributed by atoms with van der Waals surface area (Å²) in [4.78, 5) is 5.89. The summed E-state index contributed by atoms with van der Waals surface area (Å²) in [7, 11) is 0. The molecule has 5 heteroatoms. The summed E-state index contributed by atoms with van der Waals surface area (Å²) >= 11 is 0. The fourth-order valence-electron chi connectivity index (χ4n) is 6.30. The molecule has 5 nitrogen and oxygen atoms in total. The average molecular weight is 326 g/mol. The number of rotatable bonds is 0. The van der Waals surface area contributed by atoms with E-state index in [4.69, 9.17) is 4.74 Å². The van der Waals surface area contributed by atoms with Gasteiger partial charge in [-0.1, -0.05) is 18.2 Å². The quantitative estimate of drug-likeness (QED) is 0.690. The number of H-pyrrole nitrogens is 1.